The van der Waals surface area contributed by atoms with Gasteiger partial charge in [0.15, 0.2) is 5.11 Å². The van der Waals surface area contributed by atoms with Crippen LogP contribution in [0.2, 0.25) is 0 Å². The summed E-state index contributed by atoms with van der Waals surface area (Å²) in [4.78, 5) is 48.1. The molecule has 1 aliphatic rings. The van der Waals surface area contributed by atoms with Crippen molar-refractivity contribution in [2.75, 3.05) is 19.0 Å². The first kappa shape index (κ1) is 20.9. The lowest BCUT2D eigenvalue weighted by atomic mass is 10.1. The van der Waals surface area contributed by atoms with Gasteiger partial charge in [-0.2, -0.15) is 0 Å². The van der Waals surface area contributed by atoms with Crippen LogP contribution in [0, 0.1) is 10.1 Å². The minimum absolute atomic E-state index is 0.0606. The van der Waals surface area contributed by atoms with Crippen molar-refractivity contribution < 1.29 is 24.0 Å². The summed E-state index contributed by atoms with van der Waals surface area (Å²) < 4.78 is 5.09. The third kappa shape index (κ3) is 4.25. The molecule has 0 spiro atoms. The SMILES string of the molecule is COc1cc([N+](=O)[O-])ccc1NC(=S)NC(=O)CCN1C(=O)c2ccccc2C1=O. The molecule has 0 fully saturated rings. The van der Waals surface area contributed by atoms with Gasteiger partial charge in [-0.05, 0) is 30.4 Å². The number of nitro groups is 1. The van der Waals surface area contributed by atoms with E-state index in [0.29, 0.717) is 16.8 Å². The highest BCUT2D eigenvalue weighted by Crippen LogP contribution is 2.29. The molecule has 0 aromatic heterocycles. The summed E-state index contributed by atoms with van der Waals surface area (Å²) in [6.07, 6.45) is -0.148. The maximum absolute atomic E-state index is 12.3. The van der Waals surface area contributed by atoms with Gasteiger partial charge in [0.25, 0.3) is 17.5 Å². The molecule has 154 valence electrons. The highest BCUT2D eigenvalue weighted by molar-refractivity contribution is 7.80. The standard InChI is InChI=1S/C19H16N4O6S/c1-29-15-10-11(23(27)28)6-7-14(15)20-19(30)21-16(24)8-9-22-17(25)12-4-2-3-5-13(12)18(22)26/h2-7,10H,8-9H2,1H3,(H2,20,21,24,30). The fourth-order valence-electron chi connectivity index (χ4n) is 2.89. The lowest BCUT2D eigenvalue weighted by molar-refractivity contribution is -0.384. The van der Waals surface area contributed by atoms with Crippen molar-refractivity contribution >= 4 is 46.4 Å². The molecule has 0 bridgehead atoms. The van der Waals surface area contributed by atoms with Crippen LogP contribution in [0.4, 0.5) is 11.4 Å². The Kier molecular flexibility index (Phi) is 6.02. The molecule has 3 amide bonds. The van der Waals surface area contributed by atoms with E-state index in [1.807, 2.05) is 0 Å². The molecule has 0 aliphatic carbocycles. The maximum Gasteiger partial charge on any atom is 0.273 e. The van der Waals surface area contributed by atoms with Crippen LogP contribution in [0.1, 0.15) is 27.1 Å². The smallest absolute Gasteiger partial charge is 0.273 e. The summed E-state index contributed by atoms with van der Waals surface area (Å²) in [5, 5.41) is 15.9. The van der Waals surface area contributed by atoms with Crippen LogP contribution in [-0.2, 0) is 4.79 Å². The number of carbonyl (C=O) groups is 3. The highest BCUT2D eigenvalue weighted by Gasteiger charge is 2.35. The van der Waals surface area contributed by atoms with Crippen molar-refractivity contribution in [3.8, 4) is 5.75 Å². The minimum atomic E-state index is -0.564. The Bertz CT molecular complexity index is 1040. The van der Waals surface area contributed by atoms with Gasteiger partial charge in [0, 0.05) is 19.0 Å². The molecular weight excluding hydrogens is 412 g/mol. The van der Waals surface area contributed by atoms with Gasteiger partial charge in [0.1, 0.15) is 5.75 Å². The van der Waals surface area contributed by atoms with Gasteiger partial charge in [-0.25, -0.2) is 0 Å². The van der Waals surface area contributed by atoms with Crippen LogP contribution in [-0.4, -0.2) is 46.3 Å². The first-order valence-electron chi connectivity index (χ1n) is 8.70. The Balaban J connectivity index is 1.56. The number of methoxy groups -OCH3 is 1. The Morgan fingerprint density at radius 2 is 1.80 bits per heavy atom. The minimum Gasteiger partial charge on any atom is -0.494 e. The van der Waals surface area contributed by atoms with Gasteiger partial charge in [0.2, 0.25) is 5.91 Å². The summed E-state index contributed by atoms with van der Waals surface area (Å²) in [5.74, 6) is -1.23. The van der Waals surface area contributed by atoms with Crippen LogP contribution in [0.25, 0.3) is 0 Å². The first-order valence-corrected chi connectivity index (χ1v) is 9.11. The van der Waals surface area contributed by atoms with Crippen LogP contribution >= 0.6 is 12.2 Å². The molecule has 0 saturated heterocycles. The number of imide groups is 1. The molecule has 0 saturated carbocycles. The van der Waals surface area contributed by atoms with Crippen molar-refractivity contribution in [3.05, 3.63) is 63.7 Å². The second kappa shape index (κ2) is 8.66. The quantitative estimate of drug-likeness (QED) is 0.310. The lowest BCUT2D eigenvalue weighted by Crippen LogP contribution is -2.38. The molecule has 3 rings (SSSR count). The number of hydrogen-bond acceptors (Lipinski definition) is 7. The van der Waals surface area contributed by atoms with Crippen molar-refractivity contribution in [2.45, 2.75) is 6.42 Å². The summed E-state index contributed by atoms with van der Waals surface area (Å²) in [6, 6.07) is 10.3. The molecule has 11 heteroatoms. The van der Waals surface area contributed by atoms with E-state index in [2.05, 4.69) is 10.6 Å². The number of ether oxygens (including phenoxy) is 1. The summed E-state index contributed by atoms with van der Waals surface area (Å²) in [6.45, 7) is -0.0956. The van der Waals surface area contributed by atoms with E-state index in [1.165, 1.54) is 25.3 Å². The van der Waals surface area contributed by atoms with E-state index in [4.69, 9.17) is 17.0 Å². The zero-order valence-corrected chi connectivity index (χ0v) is 16.5. The van der Waals surface area contributed by atoms with Crippen LogP contribution in [0.3, 0.4) is 0 Å². The number of rotatable bonds is 6. The highest BCUT2D eigenvalue weighted by atomic mass is 32.1. The number of nitrogens with zero attached hydrogens (tertiary/aromatic N) is 2. The lowest BCUT2D eigenvalue weighted by Gasteiger charge is -2.15. The molecule has 1 aliphatic heterocycles. The van der Waals surface area contributed by atoms with Crippen molar-refractivity contribution in [3.63, 3.8) is 0 Å². The molecule has 0 unspecified atom stereocenters. The molecule has 10 nitrogen and oxygen atoms in total. The Morgan fingerprint density at radius 3 is 2.37 bits per heavy atom. The molecular formula is C19H16N4O6S. The molecule has 2 aromatic carbocycles. The normalized spacial score (nSPS) is 12.4. The van der Waals surface area contributed by atoms with E-state index < -0.39 is 22.6 Å². The molecule has 0 atom stereocenters. The van der Waals surface area contributed by atoms with Gasteiger partial charge in [-0.15, -0.1) is 0 Å². The number of carbonyl (C=O) groups excluding carboxylic acids is 3. The van der Waals surface area contributed by atoms with Crippen molar-refractivity contribution in [1.29, 1.82) is 0 Å². The zero-order chi connectivity index (χ0) is 21.8. The second-order valence-corrected chi connectivity index (χ2v) is 6.61. The Hall–Kier alpha value is -3.86. The van der Waals surface area contributed by atoms with E-state index in [-0.39, 0.29) is 29.5 Å². The fraction of sp³-hybridized carbons (Fsp3) is 0.158. The van der Waals surface area contributed by atoms with Crippen LogP contribution in [0.5, 0.6) is 5.75 Å². The second-order valence-electron chi connectivity index (χ2n) is 6.20. The predicted octanol–water partition coefficient (Wildman–Crippen LogP) is 2.10. The average Bonchev–Trinajstić information content (AvgIpc) is 2.96. The Labute approximate surface area is 176 Å². The van der Waals surface area contributed by atoms with E-state index in [1.54, 1.807) is 24.3 Å². The van der Waals surface area contributed by atoms with Crippen molar-refractivity contribution in [2.24, 2.45) is 0 Å². The number of fused-ring (bicyclic) bond motifs is 1. The number of hydrogen-bond donors (Lipinski definition) is 2. The number of nitrogens with one attached hydrogen (secondary N) is 2. The van der Waals surface area contributed by atoms with Gasteiger partial charge in [-0.1, -0.05) is 12.1 Å². The largest absolute Gasteiger partial charge is 0.494 e. The maximum atomic E-state index is 12.3. The van der Waals surface area contributed by atoms with Gasteiger partial charge in [-0.3, -0.25) is 29.4 Å². The topological polar surface area (TPSA) is 131 Å². The Morgan fingerprint density at radius 1 is 1.17 bits per heavy atom. The zero-order valence-electron chi connectivity index (χ0n) is 15.7. The third-order valence-electron chi connectivity index (χ3n) is 4.34. The number of anilines is 1. The number of benzene rings is 2. The van der Waals surface area contributed by atoms with E-state index in [0.717, 1.165) is 4.90 Å². The predicted molar refractivity (Wildman–Crippen MR) is 110 cm³/mol. The number of nitro benzene ring substituents is 1. The van der Waals surface area contributed by atoms with E-state index >= 15 is 0 Å². The molecule has 2 N–H and O–H groups in total. The van der Waals surface area contributed by atoms with Crippen LogP contribution in [0.15, 0.2) is 42.5 Å². The van der Waals surface area contributed by atoms with Crippen LogP contribution < -0.4 is 15.4 Å². The molecule has 30 heavy (non-hydrogen) atoms. The average molecular weight is 428 g/mol. The monoisotopic (exact) mass is 428 g/mol. The van der Waals surface area contributed by atoms with Crippen molar-refractivity contribution in [1.82, 2.24) is 10.2 Å². The fourth-order valence-corrected chi connectivity index (χ4v) is 3.12. The van der Waals surface area contributed by atoms with Gasteiger partial charge >= 0.3 is 0 Å². The number of thiocarbonyl (C=S) groups is 1. The number of amides is 3. The summed E-state index contributed by atoms with van der Waals surface area (Å²) in [5.41, 5.74) is 0.790. The molecule has 1 heterocycles. The van der Waals surface area contributed by atoms with Gasteiger partial charge in [0.05, 0.1) is 34.9 Å². The summed E-state index contributed by atoms with van der Waals surface area (Å²) >= 11 is 5.08. The third-order valence-corrected chi connectivity index (χ3v) is 4.54. The van der Waals surface area contributed by atoms with Gasteiger partial charge < -0.3 is 15.4 Å². The number of non-ortho nitro benzene ring substituents is 1. The van der Waals surface area contributed by atoms with E-state index in [9.17, 15) is 24.5 Å². The first-order chi connectivity index (χ1) is 14.3. The molecule has 2 aromatic rings. The molecule has 0 radical (unpaired) electrons. The summed E-state index contributed by atoms with van der Waals surface area (Å²) in [7, 11) is 1.34.